The normalized spacial score (nSPS) is 12.0. The van der Waals surface area contributed by atoms with Gasteiger partial charge >= 0.3 is 0 Å². The highest BCUT2D eigenvalue weighted by molar-refractivity contribution is 6.13. The SMILES string of the molecule is Cc1c(C)c(-c2ccc(N(c3ccc4c5ccccc5n(C)c4c3)c3ccc4c5ccccc5n(C)c4c3)cc2)n(C)c1-c1ccc(N(c2ccc3c4ccccc4n(C)c3c2)c2ccc3c4ccccc4n(C)c3c2)cc1. The van der Waals surface area contributed by atoms with Crippen LogP contribution in [0.4, 0.5) is 34.1 Å². The third-order valence-corrected chi connectivity index (χ3v) is 17.4. The third-order valence-electron chi connectivity index (χ3n) is 17.4. The van der Waals surface area contributed by atoms with Crippen molar-refractivity contribution in [2.24, 2.45) is 35.2 Å². The third kappa shape index (κ3) is 6.64. The molecule has 0 atom stereocenters. The monoisotopic (exact) mass is 1010 g/mol. The summed E-state index contributed by atoms with van der Waals surface area (Å²) in [7, 11) is 10.9. The molecule has 0 fully saturated rings. The van der Waals surface area contributed by atoms with E-state index in [9.17, 15) is 0 Å². The molecule has 376 valence electrons. The lowest BCUT2D eigenvalue weighted by atomic mass is 10.0. The molecule has 0 bridgehead atoms. The Hall–Kier alpha value is -9.72. The topological polar surface area (TPSA) is 31.1 Å². The lowest BCUT2D eigenvalue weighted by Crippen LogP contribution is -2.10. The van der Waals surface area contributed by atoms with Crippen LogP contribution < -0.4 is 9.80 Å². The molecule has 0 aliphatic rings. The quantitative estimate of drug-likeness (QED) is 0.152. The van der Waals surface area contributed by atoms with E-state index in [0.29, 0.717) is 0 Å². The van der Waals surface area contributed by atoms with E-state index in [2.05, 4.69) is 300 Å². The minimum atomic E-state index is 1.10. The van der Waals surface area contributed by atoms with Crippen molar-refractivity contribution in [3.63, 3.8) is 0 Å². The summed E-state index contributed by atoms with van der Waals surface area (Å²) >= 11 is 0. The van der Waals surface area contributed by atoms with Gasteiger partial charge in [-0.25, -0.2) is 0 Å². The van der Waals surface area contributed by atoms with E-state index in [1.807, 2.05) is 0 Å². The average Bonchev–Trinajstić information content (AvgIpc) is 4.24. The number of hydrogen-bond acceptors (Lipinski definition) is 2. The lowest BCUT2D eigenvalue weighted by Gasteiger charge is -2.26. The van der Waals surface area contributed by atoms with Crippen LogP contribution in [0, 0.1) is 13.8 Å². The highest BCUT2D eigenvalue weighted by Gasteiger charge is 2.23. The van der Waals surface area contributed by atoms with Gasteiger partial charge < -0.3 is 32.6 Å². The lowest BCUT2D eigenvalue weighted by molar-refractivity contribution is 0.941. The molecule has 0 saturated carbocycles. The van der Waals surface area contributed by atoms with Crippen LogP contribution in [0.3, 0.4) is 0 Å². The van der Waals surface area contributed by atoms with Crippen molar-refractivity contribution in [1.29, 1.82) is 0 Å². The number of aryl methyl sites for hydroxylation is 4. The summed E-state index contributed by atoms with van der Waals surface area (Å²) in [6, 6.07) is 80.9. The van der Waals surface area contributed by atoms with Crippen molar-refractivity contribution in [1.82, 2.24) is 22.8 Å². The van der Waals surface area contributed by atoms with Gasteiger partial charge in [0.15, 0.2) is 0 Å². The Labute approximate surface area is 452 Å². The second kappa shape index (κ2) is 17.1. The average molecular weight is 1010 g/mol. The van der Waals surface area contributed by atoms with Crippen molar-refractivity contribution in [2.45, 2.75) is 13.8 Å². The van der Waals surface area contributed by atoms with Gasteiger partial charge in [-0.3, -0.25) is 0 Å². The van der Waals surface area contributed by atoms with Gasteiger partial charge in [0.2, 0.25) is 0 Å². The Morgan fingerprint density at radius 3 is 0.731 bits per heavy atom. The highest BCUT2D eigenvalue weighted by Crippen LogP contribution is 2.45. The zero-order valence-electron chi connectivity index (χ0n) is 44.9. The van der Waals surface area contributed by atoms with Gasteiger partial charge in [0.1, 0.15) is 0 Å². The summed E-state index contributed by atoms with van der Waals surface area (Å²) < 4.78 is 11.7. The van der Waals surface area contributed by atoms with Crippen molar-refractivity contribution in [3.8, 4) is 22.5 Å². The van der Waals surface area contributed by atoms with Crippen LogP contribution in [-0.4, -0.2) is 22.8 Å². The van der Waals surface area contributed by atoms with Crippen molar-refractivity contribution < 1.29 is 0 Å². The first-order chi connectivity index (χ1) is 38.1. The van der Waals surface area contributed by atoms with E-state index in [1.165, 1.54) is 121 Å². The maximum atomic E-state index is 2.41. The van der Waals surface area contributed by atoms with E-state index in [-0.39, 0.29) is 0 Å². The molecule has 5 heterocycles. The van der Waals surface area contributed by atoms with Gasteiger partial charge in [-0.2, -0.15) is 0 Å². The first kappa shape index (κ1) is 45.7. The van der Waals surface area contributed by atoms with Gasteiger partial charge in [-0.1, -0.05) is 121 Å². The van der Waals surface area contributed by atoms with Gasteiger partial charge in [0, 0.05) is 135 Å². The summed E-state index contributed by atoms with van der Waals surface area (Å²) in [6.07, 6.45) is 0. The fourth-order valence-corrected chi connectivity index (χ4v) is 13.4. The molecule has 0 N–H and O–H groups in total. The Balaban J connectivity index is 0.816. The molecule has 0 unspecified atom stereocenters. The number of nitrogens with zero attached hydrogens (tertiary/aromatic N) is 7. The second-order valence-corrected chi connectivity index (χ2v) is 21.4. The van der Waals surface area contributed by atoms with E-state index in [4.69, 9.17) is 0 Å². The van der Waals surface area contributed by atoms with Crippen LogP contribution in [0.5, 0.6) is 0 Å². The Morgan fingerprint density at radius 2 is 0.462 bits per heavy atom. The van der Waals surface area contributed by atoms with Gasteiger partial charge in [0.05, 0.1) is 33.5 Å². The van der Waals surface area contributed by atoms with E-state index in [0.717, 1.165) is 34.1 Å². The zero-order chi connectivity index (χ0) is 52.7. The Kier molecular flexibility index (Phi) is 10.0. The van der Waals surface area contributed by atoms with Crippen LogP contribution >= 0.6 is 0 Å². The molecule has 15 rings (SSSR count). The molecule has 7 nitrogen and oxygen atoms in total. The smallest absolute Gasteiger partial charge is 0.0515 e. The fourth-order valence-electron chi connectivity index (χ4n) is 13.4. The molecule has 10 aromatic carbocycles. The van der Waals surface area contributed by atoms with Crippen LogP contribution in [0.15, 0.2) is 218 Å². The molecule has 5 aromatic heterocycles. The number of fused-ring (bicyclic) bond motifs is 12. The molecule has 0 saturated heterocycles. The van der Waals surface area contributed by atoms with Crippen molar-refractivity contribution in [3.05, 3.63) is 230 Å². The molecule has 78 heavy (non-hydrogen) atoms. The largest absolute Gasteiger partial charge is 0.344 e. The van der Waals surface area contributed by atoms with Crippen LogP contribution in [0.2, 0.25) is 0 Å². The summed E-state index contributed by atoms with van der Waals surface area (Å²) in [5.74, 6) is 0. The van der Waals surface area contributed by atoms with Crippen molar-refractivity contribution >= 4 is 121 Å². The van der Waals surface area contributed by atoms with Gasteiger partial charge in [-0.15, -0.1) is 0 Å². The number of anilines is 6. The molecular weight excluding hydrogens is 951 g/mol. The maximum absolute atomic E-state index is 2.41. The fraction of sp³-hybridized carbons (Fsp3) is 0.0986. The number of para-hydroxylation sites is 4. The van der Waals surface area contributed by atoms with Crippen molar-refractivity contribution in [2.75, 3.05) is 9.80 Å². The minimum Gasteiger partial charge on any atom is -0.344 e. The number of benzene rings is 10. The number of rotatable bonds is 8. The number of aromatic nitrogens is 5. The standard InChI is InChI=1S/C71H57N7/c1-44-45(2)71(47-26-30-49(31-27-47)78(52-34-38-60-56-18-10-14-22-64(56)74(5)68(60)42-52)53-35-39-61-57-19-11-15-23-65(57)75(6)69(61)43-53)76(7)70(44)46-24-28-48(29-25-46)77(50-32-36-58-54-16-8-12-20-62(54)72(3)66(58)40-50)51-33-37-59-55-17-9-13-21-63(55)73(4)67(59)41-51/h8-43H,1-7H3. The summed E-state index contributed by atoms with van der Waals surface area (Å²) in [5, 5.41) is 10.1. The Morgan fingerprint density at radius 1 is 0.231 bits per heavy atom. The van der Waals surface area contributed by atoms with Gasteiger partial charge in [0.25, 0.3) is 0 Å². The summed E-state index contributed by atoms with van der Waals surface area (Å²) in [6.45, 7) is 4.55. The second-order valence-electron chi connectivity index (χ2n) is 21.4. The molecule has 7 heteroatoms. The Bertz CT molecular complexity index is 4390. The predicted molar refractivity (Wildman–Crippen MR) is 331 cm³/mol. The highest BCUT2D eigenvalue weighted by atomic mass is 15.2. The minimum absolute atomic E-state index is 1.10. The van der Waals surface area contributed by atoms with E-state index < -0.39 is 0 Å². The molecule has 0 spiro atoms. The number of hydrogen-bond donors (Lipinski definition) is 0. The molecule has 15 aromatic rings. The summed E-state index contributed by atoms with van der Waals surface area (Å²) in [5.41, 5.74) is 23.7. The molecule has 0 aliphatic carbocycles. The summed E-state index contributed by atoms with van der Waals surface area (Å²) in [4.78, 5) is 4.83. The van der Waals surface area contributed by atoms with Gasteiger partial charge in [-0.05, 0) is 133 Å². The zero-order valence-corrected chi connectivity index (χ0v) is 44.9. The van der Waals surface area contributed by atoms with Crippen LogP contribution in [0.1, 0.15) is 11.1 Å². The first-order valence-electron chi connectivity index (χ1n) is 27.0. The molecule has 0 amide bonds. The maximum Gasteiger partial charge on any atom is 0.0515 e. The van der Waals surface area contributed by atoms with Crippen LogP contribution in [0.25, 0.3) is 110 Å². The van der Waals surface area contributed by atoms with E-state index >= 15 is 0 Å². The molecular formula is C71H57N7. The first-order valence-corrected chi connectivity index (χ1v) is 27.0. The van der Waals surface area contributed by atoms with E-state index in [1.54, 1.807) is 0 Å². The predicted octanol–water partition coefficient (Wildman–Crippen LogP) is 18.5. The van der Waals surface area contributed by atoms with Crippen LogP contribution in [-0.2, 0) is 35.2 Å². The molecule has 0 radical (unpaired) electrons. The molecule has 0 aliphatic heterocycles.